The van der Waals surface area contributed by atoms with Crippen molar-refractivity contribution in [2.24, 2.45) is 4.99 Å². The van der Waals surface area contributed by atoms with Gasteiger partial charge in [0, 0.05) is 12.4 Å². The maximum atomic E-state index is 4.11. The van der Waals surface area contributed by atoms with Crippen LogP contribution < -0.4 is 0 Å². The predicted octanol–water partition coefficient (Wildman–Crippen LogP) is 3.34. The number of nitrogens with zero attached hydrogens (tertiary/aromatic N) is 1. The molecule has 0 rings (SSSR count). The van der Waals surface area contributed by atoms with Crippen molar-refractivity contribution in [2.75, 3.05) is 0 Å². The molecule has 0 aliphatic heterocycles. The van der Waals surface area contributed by atoms with E-state index in [9.17, 15) is 0 Å². The Morgan fingerprint density at radius 1 is 1.45 bits per heavy atom. The van der Waals surface area contributed by atoms with Crippen molar-refractivity contribution in [1.82, 2.24) is 0 Å². The van der Waals surface area contributed by atoms with E-state index in [4.69, 9.17) is 0 Å². The van der Waals surface area contributed by atoms with Gasteiger partial charge in [-0.2, -0.15) is 0 Å². The molecule has 0 aromatic heterocycles. The second kappa shape index (κ2) is 7.26. The van der Waals surface area contributed by atoms with Gasteiger partial charge in [0.15, 0.2) is 0 Å². The van der Waals surface area contributed by atoms with Crippen LogP contribution in [0.1, 0.15) is 33.6 Å². The second-order valence-corrected chi connectivity index (χ2v) is 2.48. The smallest absolute Gasteiger partial charge is 0.0293 e. The van der Waals surface area contributed by atoms with E-state index in [-0.39, 0.29) is 0 Å². The summed E-state index contributed by atoms with van der Waals surface area (Å²) in [6, 6.07) is 0. The van der Waals surface area contributed by atoms with Gasteiger partial charge in [-0.1, -0.05) is 25.5 Å². The fourth-order valence-corrected chi connectivity index (χ4v) is 0.537. The minimum absolute atomic E-state index is 1.12. The van der Waals surface area contributed by atoms with E-state index in [1.165, 1.54) is 12.0 Å². The summed E-state index contributed by atoms with van der Waals surface area (Å²) in [4.78, 5) is 4.11. The van der Waals surface area contributed by atoms with Crippen molar-refractivity contribution in [3.8, 4) is 0 Å². The summed E-state index contributed by atoms with van der Waals surface area (Å²) in [5.74, 6) is 0. The molecule has 0 unspecified atom stereocenters. The molecule has 0 aliphatic rings. The Morgan fingerprint density at radius 3 is 2.73 bits per heavy atom. The molecule has 0 saturated heterocycles. The molecule has 0 amide bonds. The zero-order valence-corrected chi connectivity index (χ0v) is 7.67. The zero-order chi connectivity index (χ0) is 8.53. The monoisotopic (exact) mass is 151 g/mol. The summed E-state index contributed by atoms with van der Waals surface area (Å²) in [5.41, 5.74) is 1.20. The number of unbranched alkanes of at least 4 members (excludes halogenated alkanes) is 1. The first-order chi connectivity index (χ1) is 5.31. The van der Waals surface area contributed by atoms with Crippen LogP contribution >= 0.6 is 0 Å². The highest BCUT2D eigenvalue weighted by molar-refractivity contribution is 5.77. The van der Waals surface area contributed by atoms with Crippen molar-refractivity contribution in [2.45, 2.75) is 33.6 Å². The lowest BCUT2D eigenvalue weighted by Crippen LogP contribution is -1.73. The van der Waals surface area contributed by atoms with Gasteiger partial charge in [0.1, 0.15) is 0 Å². The SMILES string of the molecule is C/C=C(C)/C=N\C=C/CCC. The average molecular weight is 151 g/mol. The highest BCUT2D eigenvalue weighted by atomic mass is 14.7. The van der Waals surface area contributed by atoms with Crippen molar-refractivity contribution >= 4 is 6.21 Å². The standard InChI is InChI=1S/C10H17N/c1-4-6-7-8-11-9-10(3)5-2/h5,7-9H,4,6H2,1-3H3/b8-7-,10-5+,11-9-. The molecule has 0 heterocycles. The van der Waals surface area contributed by atoms with Gasteiger partial charge >= 0.3 is 0 Å². The van der Waals surface area contributed by atoms with Crippen molar-refractivity contribution in [3.63, 3.8) is 0 Å². The number of hydrogen-bond donors (Lipinski definition) is 0. The van der Waals surface area contributed by atoms with E-state index >= 15 is 0 Å². The normalized spacial score (nSPS) is 13.5. The Morgan fingerprint density at radius 2 is 2.18 bits per heavy atom. The fraction of sp³-hybridized carbons (Fsp3) is 0.500. The Labute approximate surface area is 69.5 Å². The summed E-state index contributed by atoms with van der Waals surface area (Å²) in [5, 5.41) is 0. The van der Waals surface area contributed by atoms with Gasteiger partial charge in [-0.15, -0.1) is 0 Å². The third-order valence-corrected chi connectivity index (χ3v) is 1.38. The topological polar surface area (TPSA) is 12.4 Å². The van der Waals surface area contributed by atoms with E-state index in [0.717, 1.165) is 6.42 Å². The van der Waals surface area contributed by atoms with Crippen LogP contribution in [0.4, 0.5) is 0 Å². The lowest BCUT2D eigenvalue weighted by molar-refractivity contribution is 0.956. The molecule has 0 fully saturated rings. The second-order valence-electron chi connectivity index (χ2n) is 2.48. The van der Waals surface area contributed by atoms with Gasteiger partial charge in [-0.05, 0) is 25.8 Å². The van der Waals surface area contributed by atoms with E-state index in [2.05, 4.69) is 18.0 Å². The number of hydrogen-bond acceptors (Lipinski definition) is 1. The van der Waals surface area contributed by atoms with E-state index < -0.39 is 0 Å². The Balaban J connectivity index is 3.59. The maximum Gasteiger partial charge on any atom is 0.0293 e. The molecule has 0 aromatic rings. The lowest BCUT2D eigenvalue weighted by atomic mass is 10.3. The van der Waals surface area contributed by atoms with Crippen LogP contribution in [0.5, 0.6) is 0 Å². The molecule has 1 heteroatoms. The van der Waals surface area contributed by atoms with E-state index in [1.807, 2.05) is 32.3 Å². The van der Waals surface area contributed by atoms with E-state index in [1.54, 1.807) is 0 Å². The Hall–Kier alpha value is -0.850. The highest BCUT2D eigenvalue weighted by Gasteiger charge is 1.74. The molecule has 1 nitrogen and oxygen atoms in total. The van der Waals surface area contributed by atoms with Gasteiger partial charge in [0.25, 0.3) is 0 Å². The lowest BCUT2D eigenvalue weighted by Gasteiger charge is -1.84. The van der Waals surface area contributed by atoms with Gasteiger partial charge < -0.3 is 0 Å². The van der Waals surface area contributed by atoms with Crippen molar-refractivity contribution in [1.29, 1.82) is 0 Å². The summed E-state index contributed by atoms with van der Waals surface area (Å²) in [7, 11) is 0. The molecule has 0 aromatic carbocycles. The third kappa shape index (κ3) is 7.04. The quantitative estimate of drug-likeness (QED) is 0.546. The maximum absolute atomic E-state index is 4.11. The molecule has 0 radical (unpaired) electrons. The van der Waals surface area contributed by atoms with E-state index in [0.29, 0.717) is 0 Å². The molecule has 0 N–H and O–H groups in total. The summed E-state index contributed by atoms with van der Waals surface area (Å²) in [6.45, 7) is 6.21. The molecular formula is C10H17N. The molecular weight excluding hydrogens is 134 g/mol. The fourth-order valence-electron chi connectivity index (χ4n) is 0.537. The Kier molecular flexibility index (Phi) is 6.70. The first kappa shape index (κ1) is 10.2. The molecule has 0 saturated carbocycles. The molecule has 62 valence electrons. The molecule has 0 atom stereocenters. The summed E-state index contributed by atoms with van der Waals surface area (Å²) < 4.78 is 0. The van der Waals surface area contributed by atoms with Gasteiger partial charge in [0.2, 0.25) is 0 Å². The minimum atomic E-state index is 1.12. The van der Waals surface area contributed by atoms with Crippen LogP contribution in [-0.2, 0) is 0 Å². The highest BCUT2D eigenvalue weighted by Crippen LogP contribution is 1.90. The first-order valence-corrected chi connectivity index (χ1v) is 4.12. The van der Waals surface area contributed by atoms with Crippen LogP contribution in [0.15, 0.2) is 28.9 Å². The zero-order valence-electron chi connectivity index (χ0n) is 7.67. The van der Waals surface area contributed by atoms with Gasteiger partial charge in [0.05, 0.1) is 0 Å². The molecule has 0 aliphatic carbocycles. The van der Waals surface area contributed by atoms with Crippen LogP contribution in [-0.4, -0.2) is 6.21 Å². The van der Waals surface area contributed by atoms with Crippen LogP contribution in [0.25, 0.3) is 0 Å². The van der Waals surface area contributed by atoms with Crippen molar-refractivity contribution < 1.29 is 0 Å². The predicted molar refractivity (Wildman–Crippen MR) is 52.0 cm³/mol. The molecule has 11 heavy (non-hydrogen) atoms. The molecule has 0 bridgehead atoms. The molecule has 0 spiro atoms. The number of rotatable bonds is 4. The van der Waals surface area contributed by atoms with Crippen molar-refractivity contribution in [3.05, 3.63) is 23.9 Å². The number of allylic oxidation sites excluding steroid dienone is 3. The van der Waals surface area contributed by atoms with Gasteiger partial charge in [-0.25, -0.2) is 0 Å². The van der Waals surface area contributed by atoms with Gasteiger partial charge in [-0.3, -0.25) is 4.99 Å². The Bertz CT molecular complexity index is 164. The third-order valence-electron chi connectivity index (χ3n) is 1.38. The van der Waals surface area contributed by atoms with Crippen LogP contribution in [0.3, 0.4) is 0 Å². The van der Waals surface area contributed by atoms with Crippen LogP contribution in [0, 0.1) is 0 Å². The largest absolute Gasteiger partial charge is 0.265 e. The average Bonchev–Trinajstić information content (AvgIpc) is 2.04. The number of aliphatic imine (C=N–C) groups is 1. The minimum Gasteiger partial charge on any atom is -0.265 e. The summed E-state index contributed by atoms with van der Waals surface area (Å²) >= 11 is 0. The first-order valence-electron chi connectivity index (χ1n) is 4.12. The van der Waals surface area contributed by atoms with Crippen LogP contribution in [0.2, 0.25) is 0 Å². The summed E-state index contributed by atoms with van der Waals surface area (Å²) in [6.07, 6.45) is 10.2.